The molecule has 1 aliphatic rings. The van der Waals surface area contributed by atoms with Crippen molar-refractivity contribution in [1.29, 1.82) is 0 Å². The van der Waals surface area contributed by atoms with E-state index in [1.807, 2.05) is 5.32 Å². The number of nitrogens with one attached hydrogen (secondary N) is 2. The van der Waals surface area contributed by atoms with Gasteiger partial charge >= 0.3 is 6.03 Å². The van der Waals surface area contributed by atoms with E-state index in [0.29, 0.717) is 0 Å². The van der Waals surface area contributed by atoms with E-state index in [1.54, 1.807) is 0 Å². The lowest BCUT2D eigenvalue weighted by atomic mass is 10.2. The lowest BCUT2D eigenvalue weighted by Crippen LogP contribution is -2.61. The van der Waals surface area contributed by atoms with Crippen LogP contribution < -0.4 is 22.5 Å². The lowest BCUT2D eigenvalue weighted by molar-refractivity contribution is -0.120. The van der Waals surface area contributed by atoms with Gasteiger partial charge in [0.15, 0.2) is 0 Å². The molecule has 7 N–H and O–H groups in total. The molecule has 1 unspecified atom stereocenters. The van der Waals surface area contributed by atoms with Crippen molar-refractivity contribution in [3.8, 4) is 0 Å². The molecule has 62 valence electrons. The molecule has 11 heavy (non-hydrogen) atoms. The number of carbonyl (C=O) groups is 2. The molecule has 3 amide bonds. The third kappa shape index (κ3) is 1.93. The summed E-state index contributed by atoms with van der Waals surface area (Å²) in [5, 5.41) is 4.15. The van der Waals surface area contributed by atoms with Gasteiger partial charge in [0.1, 0.15) is 11.0 Å². The van der Waals surface area contributed by atoms with Crippen molar-refractivity contribution in [1.82, 2.24) is 16.8 Å². The van der Waals surface area contributed by atoms with Crippen LogP contribution in [0.3, 0.4) is 0 Å². The Morgan fingerprint density at radius 1 is 1.36 bits per heavy atom. The highest BCUT2D eigenvalue weighted by molar-refractivity contribution is 7.80. The first-order valence-corrected chi connectivity index (χ1v) is 2.93. The van der Waals surface area contributed by atoms with Crippen molar-refractivity contribution < 1.29 is 9.59 Å². The summed E-state index contributed by atoms with van der Waals surface area (Å²) in [6, 6.07) is -1.51. The first-order valence-electron chi connectivity index (χ1n) is 2.52. The Morgan fingerprint density at radius 3 is 2.36 bits per heavy atom. The largest absolute Gasteiger partial charge is 0.344 e. The number of amides is 3. The average Bonchev–Trinajstić information content (AvgIpc) is 1.82. The third-order valence-electron chi connectivity index (χ3n) is 1.04. The highest BCUT2D eigenvalue weighted by Gasteiger charge is 2.26. The van der Waals surface area contributed by atoms with E-state index in [-0.39, 0.29) is 11.1 Å². The van der Waals surface area contributed by atoms with Gasteiger partial charge in [-0.2, -0.15) is 0 Å². The molecule has 1 fully saturated rings. The van der Waals surface area contributed by atoms with Gasteiger partial charge in [-0.15, -0.1) is 0 Å². The van der Waals surface area contributed by atoms with Gasteiger partial charge in [0.25, 0.3) is 5.91 Å². The van der Waals surface area contributed by atoms with Gasteiger partial charge in [-0.25, -0.2) is 4.79 Å². The first-order chi connectivity index (χ1) is 4.61. The zero-order valence-corrected chi connectivity index (χ0v) is 6.40. The highest BCUT2D eigenvalue weighted by Crippen LogP contribution is 1.88. The number of hydrogen-bond acceptors (Lipinski definition) is 5. The second kappa shape index (κ2) is 3.37. The summed E-state index contributed by atoms with van der Waals surface area (Å²) in [7, 11) is 0. The topological polar surface area (TPSA) is 119 Å². The van der Waals surface area contributed by atoms with Gasteiger partial charge in [-0.05, 0) is 0 Å². The van der Waals surface area contributed by atoms with Crippen molar-refractivity contribution in [2.45, 2.75) is 6.04 Å². The summed E-state index contributed by atoms with van der Waals surface area (Å²) in [6.45, 7) is 0. The van der Waals surface area contributed by atoms with Crippen LogP contribution >= 0.6 is 12.2 Å². The fourth-order valence-electron chi connectivity index (χ4n) is 0.530. The normalized spacial score (nSPS) is 23.4. The number of urea groups is 1. The maximum atomic E-state index is 10.6. The van der Waals surface area contributed by atoms with E-state index in [4.69, 9.17) is 5.73 Å². The Hall–Kier alpha value is -1.05. The van der Waals surface area contributed by atoms with Crippen LogP contribution in [0.2, 0.25) is 0 Å². The van der Waals surface area contributed by atoms with Crippen molar-refractivity contribution in [3.63, 3.8) is 0 Å². The quantitative estimate of drug-likeness (QED) is 0.340. The van der Waals surface area contributed by atoms with E-state index < -0.39 is 18.0 Å². The predicted octanol–water partition coefficient (Wildman–Crippen LogP) is -1.36. The number of imide groups is 1. The number of nitrogens with two attached hydrogens (primary N) is 1. The molecule has 0 aliphatic carbocycles. The Bertz CT molecular complexity index is 196. The van der Waals surface area contributed by atoms with E-state index in [0.717, 1.165) is 0 Å². The van der Waals surface area contributed by atoms with Crippen LogP contribution in [-0.4, -0.2) is 23.0 Å². The monoisotopic (exact) mass is 176 g/mol. The van der Waals surface area contributed by atoms with Gasteiger partial charge in [-0.1, -0.05) is 12.2 Å². The zero-order valence-electron chi connectivity index (χ0n) is 5.59. The summed E-state index contributed by atoms with van der Waals surface area (Å²) < 4.78 is 0. The van der Waals surface area contributed by atoms with Crippen molar-refractivity contribution in [3.05, 3.63) is 0 Å². The fraction of sp³-hybridized carbons (Fsp3) is 0.250. The van der Waals surface area contributed by atoms with Crippen molar-refractivity contribution >= 4 is 29.1 Å². The average molecular weight is 176 g/mol. The third-order valence-corrected chi connectivity index (χ3v) is 1.39. The van der Waals surface area contributed by atoms with Crippen molar-refractivity contribution in [2.75, 3.05) is 0 Å². The minimum absolute atomic E-state index is 0. The molecule has 1 atom stereocenters. The van der Waals surface area contributed by atoms with Gasteiger partial charge < -0.3 is 17.2 Å². The maximum Gasteiger partial charge on any atom is 0.326 e. The molecule has 0 aromatic rings. The van der Waals surface area contributed by atoms with Crippen LogP contribution in [0.25, 0.3) is 0 Å². The molecule has 1 rings (SSSR count). The van der Waals surface area contributed by atoms with E-state index in [1.165, 1.54) is 0 Å². The second-order valence-electron chi connectivity index (χ2n) is 1.79. The van der Waals surface area contributed by atoms with Gasteiger partial charge in [0.05, 0.1) is 0 Å². The van der Waals surface area contributed by atoms with Crippen LogP contribution in [0.1, 0.15) is 0 Å². The predicted molar refractivity (Wildman–Crippen MR) is 42.3 cm³/mol. The first kappa shape index (κ1) is 9.95. The highest BCUT2D eigenvalue weighted by atomic mass is 32.1. The molecule has 6 nitrogen and oxygen atoms in total. The Kier molecular flexibility index (Phi) is 3.05. The number of thiocarbonyl (C=S) groups is 1. The lowest BCUT2D eigenvalue weighted by Gasteiger charge is -2.18. The molecule has 0 aromatic carbocycles. The molecule has 0 saturated carbocycles. The molecule has 7 heteroatoms. The smallest absolute Gasteiger partial charge is 0.326 e. The standard InChI is InChI=1S/C4H5N3O2S.H3N/c5-1-2(8)6-4(9)7-3(1)10;/h1H,5H2,(H2,6,7,8,9,10);1H3. The van der Waals surface area contributed by atoms with E-state index in [2.05, 4.69) is 17.5 Å². The molecule has 0 radical (unpaired) electrons. The van der Waals surface area contributed by atoms with Crippen molar-refractivity contribution in [2.24, 2.45) is 5.73 Å². The molecular formula is C4H8N4O2S. The Morgan fingerprint density at radius 2 is 1.91 bits per heavy atom. The summed E-state index contributed by atoms with van der Waals surface area (Å²) in [5.74, 6) is -0.561. The Labute approximate surface area is 68.1 Å². The molecule has 1 aliphatic heterocycles. The number of hydrogen-bond donors (Lipinski definition) is 4. The van der Waals surface area contributed by atoms with Crippen LogP contribution in [0.5, 0.6) is 0 Å². The van der Waals surface area contributed by atoms with Crippen LogP contribution in [0.15, 0.2) is 0 Å². The van der Waals surface area contributed by atoms with Gasteiger partial charge in [0.2, 0.25) is 0 Å². The zero-order chi connectivity index (χ0) is 7.72. The second-order valence-corrected chi connectivity index (χ2v) is 2.23. The SMILES string of the molecule is N.NC1C(=O)NC(=O)NC1=S. The minimum Gasteiger partial charge on any atom is -0.344 e. The summed E-state index contributed by atoms with van der Waals surface area (Å²) in [6.07, 6.45) is 0. The molecule has 1 heterocycles. The summed E-state index contributed by atoms with van der Waals surface area (Å²) in [4.78, 5) is 21.1. The molecule has 1 saturated heterocycles. The van der Waals surface area contributed by atoms with Gasteiger partial charge in [-0.3, -0.25) is 10.1 Å². The fourth-order valence-corrected chi connectivity index (χ4v) is 0.729. The summed E-state index contributed by atoms with van der Waals surface area (Å²) in [5.41, 5.74) is 5.22. The Balaban J connectivity index is 0.000001000. The molecular weight excluding hydrogens is 168 g/mol. The molecule has 0 bridgehead atoms. The number of carbonyl (C=O) groups excluding carboxylic acids is 2. The minimum atomic E-state index is -0.896. The van der Waals surface area contributed by atoms with Crippen LogP contribution in [-0.2, 0) is 4.79 Å². The van der Waals surface area contributed by atoms with E-state index >= 15 is 0 Å². The molecule has 0 spiro atoms. The van der Waals surface area contributed by atoms with Gasteiger partial charge in [0, 0.05) is 0 Å². The van der Waals surface area contributed by atoms with Crippen LogP contribution in [0, 0.1) is 0 Å². The maximum absolute atomic E-state index is 10.6. The number of rotatable bonds is 0. The summed E-state index contributed by atoms with van der Waals surface area (Å²) >= 11 is 4.56. The van der Waals surface area contributed by atoms with Crippen LogP contribution in [0.4, 0.5) is 4.79 Å². The van der Waals surface area contributed by atoms with E-state index in [9.17, 15) is 9.59 Å². The molecule has 0 aromatic heterocycles.